The van der Waals surface area contributed by atoms with Gasteiger partial charge in [-0.05, 0) is 48.6 Å². The van der Waals surface area contributed by atoms with Gasteiger partial charge < -0.3 is 20.1 Å². The molecule has 1 heterocycles. The van der Waals surface area contributed by atoms with Crippen LogP contribution >= 0.6 is 0 Å². The second kappa shape index (κ2) is 7.94. The first-order valence-corrected chi connectivity index (χ1v) is 10.0. The molecule has 1 aliphatic heterocycles. The molecule has 1 fully saturated rings. The van der Waals surface area contributed by atoms with Crippen LogP contribution < -0.4 is 5.32 Å². The monoisotopic (exact) mass is 380 g/mol. The van der Waals surface area contributed by atoms with Crippen molar-refractivity contribution in [2.75, 3.05) is 33.4 Å². The average Bonchev–Trinajstić information content (AvgIpc) is 3.03. The molecule has 2 aliphatic rings. The number of carbonyl (C=O) groups excluding carboxylic acids is 1. The number of benzene rings is 2. The van der Waals surface area contributed by atoms with Crippen molar-refractivity contribution in [3.63, 3.8) is 0 Å². The minimum Gasteiger partial charge on any atom is -0.449 e. The van der Waals surface area contributed by atoms with Crippen LogP contribution in [-0.4, -0.2) is 55.0 Å². The molecule has 0 unspecified atom stereocenters. The number of carbonyl (C=O) groups is 1. The van der Waals surface area contributed by atoms with Crippen molar-refractivity contribution in [1.29, 1.82) is 0 Å². The zero-order chi connectivity index (χ0) is 19.6. The number of nitrogens with zero attached hydrogens (tertiary/aromatic N) is 1. The summed E-state index contributed by atoms with van der Waals surface area (Å²) in [5, 5.41) is 12.6. The van der Waals surface area contributed by atoms with E-state index in [9.17, 15) is 9.90 Å². The van der Waals surface area contributed by atoms with Crippen LogP contribution in [-0.2, 0) is 4.74 Å². The summed E-state index contributed by atoms with van der Waals surface area (Å²) in [7, 11) is 2.08. The van der Waals surface area contributed by atoms with Crippen LogP contribution in [0.5, 0.6) is 0 Å². The molecular formula is C23H28N2O3. The van der Waals surface area contributed by atoms with Gasteiger partial charge in [-0.3, -0.25) is 0 Å². The maximum atomic E-state index is 12.6. The molecule has 148 valence electrons. The van der Waals surface area contributed by atoms with E-state index in [4.69, 9.17) is 4.74 Å². The van der Waals surface area contributed by atoms with E-state index in [2.05, 4.69) is 41.5 Å². The Hall–Kier alpha value is -2.37. The van der Waals surface area contributed by atoms with Crippen LogP contribution in [0.25, 0.3) is 11.1 Å². The van der Waals surface area contributed by atoms with Gasteiger partial charge in [-0.2, -0.15) is 0 Å². The lowest BCUT2D eigenvalue weighted by molar-refractivity contribution is 0.0941. The summed E-state index contributed by atoms with van der Waals surface area (Å²) in [4.78, 5) is 14.9. The Labute approximate surface area is 166 Å². The molecule has 28 heavy (non-hydrogen) atoms. The molecule has 2 aromatic carbocycles. The minimum absolute atomic E-state index is 0.0597. The highest BCUT2D eigenvalue weighted by Gasteiger charge is 2.36. The normalized spacial score (nSPS) is 18.4. The summed E-state index contributed by atoms with van der Waals surface area (Å²) in [5.41, 5.74) is 4.49. The Kier molecular flexibility index (Phi) is 5.38. The fourth-order valence-electron chi connectivity index (χ4n) is 4.55. The summed E-state index contributed by atoms with van der Waals surface area (Å²) < 4.78 is 5.70. The standard InChI is InChI=1S/C23H28N2O3/c1-25-13-10-23(11-14-25,12-15-26)24-22(27)28-16-21-19-8-4-2-6-17(19)18-7-3-5-9-20(18)21/h2-9,21,26H,10-16H2,1H3,(H,24,27). The number of rotatable bonds is 5. The number of aliphatic hydroxyl groups is 1. The van der Waals surface area contributed by atoms with E-state index in [0.717, 1.165) is 25.9 Å². The summed E-state index contributed by atoms with van der Waals surface area (Å²) in [6.45, 7) is 2.19. The number of ether oxygens (including phenoxy) is 1. The SMILES string of the molecule is CN1CCC(CCO)(NC(=O)OCC2c3ccccc3-c3ccccc32)CC1. The van der Waals surface area contributed by atoms with Crippen molar-refractivity contribution in [2.45, 2.75) is 30.7 Å². The zero-order valence-corrected chi connectivity index (χ0v) is 16.4. The predicted octanol–water partition coefficient (Wildman–Crippen LogP) is 3.37. The number of nitrogens with one attached hydrogen (secondary N) is 1. The maximum Gasteiger partial charge on any atom is 0.407 e. The molecule has 0 aromatic heterocycles. The second-order valence-electron chi connectivity index (χ2n) is 8.01. The minimum atomic E-state index is -0.389. The molecule has 0 bridgehead atoms. The highest BCUT2D eigenvalue weighted by Crippen LogP contribution is 2.44. The summed E-state index contributed by atoms with van der Waals surface area (Å²) in [6.07, 6.45) is 1.83. The van der Waals surface area contributed by atoms with Gasteiger partial charge in [-0.25, -0.2) is 4.79 Å². The van der Waals surface area contributed by atoms with Gasteiger partial charge in [-0.15, -0.1) is 0 Å². The zero-order valence-electron chi connectivity index (χ0n) is 16.4. The van der Waals surface area contributed by atoms with Gasteiger partial charge in [-0.1, -0.05) is 48.5 Å². The lowest BCUT2D eigenvalue weighted by Crippen LogP contribution is -2.55. The molecule has 1 amide bonds. The quantitative estimate of drug-likeness (QED) is 0.835. The Balaban J connectivity index is 1.45. The maximum absolute atomic E-state index is 12.6. The van der Waals surface area contributed by atoms with Crippen molar-refractivity contribution in [2.24, 2.45) is 0 Å². The first kappa shape index (κ1) is 19.0. The Morgan fingerprint density at radius 1 is 1.11 bits per heavy atom. The third-order valence-corrected chi connectivity index (χ3v) is 6.25. The molecule has 5 heteroatoms. The van der Waals surface area contributed by atoms with Crippen molar-refractivity contribution in [1.82, 2.24) is 10.2 Å². The Morgan fingerprint density at radius 3 is 2.25 bits per heavy atom. The summed E-state index contributed by atoms with van der Waals surface area (Å²) in [5.74, 6) is 0.0597. The molecule has 1 saturated heterocycles. The van der Waals surface area contributed by atoms with E-state index in [1.807, 2.05) is 24.3 Å². The number of piperidine rings is 1. The van der Waals surface area contributed by atoms with Gasteiger partial charge in [0, 0.05) is 31.2 Å². The highest BCUT2D eigenvalue weighted by molar-refractivity contribution is 5.79. The lowest BCUT2D eigenvalue weighted by Gasteiger charge is -2.40. The molecule has 0 atom stereocenters. The van der Waals surface area contributed by atoms with Gasteiger partial charge >= 0.3 is 6.09 Å². The van der Waals surface area contributed by atoms with Crippen LogP contribution in [0.2, 0.25) is 0 Å². The van der Waals surface area contributed by atoms with E-state index in [1.54, 1.807) is 0 Å². The largest absolute Gasteiger partial charge is 0.449 e. The first-order valence-electron chi connectivity index (χ1n) is 10.0. The molecule has 2 N–H and O–H groups in total. The number of fused-ring (bicyclic) bond motifs is 3. The van der Waals surface area contributed by atoms with E-state index in [0.29, 0.717) is 13.0 Å². The number of alkyl carbamates (subject to hydrolysis) is 1. The van der Waals surface area contributed by atoms with Crippen molar-refractivity contribution >= 4 is 6.09 Å². The Bertz CT molecular complexity index is 798. The lowest BCUT2D eigenvalue weighted by atomic mass is 9.85. The van der Waals surface area contributed by atoms with Gasteiger partial charge in [0.05, 0.1) is 0 Å². The topological polar surface area (TPSA) is 61.8 Å². The van der Waals surface area contributed by atoms with Gasteiger partial charge in [0.1, 0.15) is 6.61 Å². The summed E-state index contributed by atoms with van der Waals surface area (Å²) >= 11 is 0. The average molecular weight is 380 g/mol. The van der Waals surface area contributed by atoms with Gasteiger partial charge in [0.2, 0.25) is 0 Å². The van der Waals surface area contributed by atoms with Crippen LogP contribution in [0.3, 0.4) is 0 Å². The molecule has 0 spiro atoms. The molecule has 1 aliphatic carbocycles. The number of hydrogen-bond acceptors (Lipinski definition) is 4. The van der Waals surface area contributed by atoms with Crippen molar-refractivity contribution in [3.8, 4) is 11.1 Å². The molecule has 4 rings (SSSR count). The van der Waals surface area contributed by atoms with Crippen LogP contribution in [0, 0.1) is 0 Å². The van der Waals surface area contributed by atoms with E-state index in [-0.39, 0.29) is 24.2 Å². The van der Waals surface area contributed by atoms with Crippen LogP contribution in [0.15, 0.2) is 48.5 Å². The van der Waals surface area contributed by atoms with E-state index < -0.39 is 0 Å². The smallest absolute Gasteiger partial charge is 0.407 e. The third kappa shape index (κ3) is 3.64. The van der Waals surface area contributed by atoms with Crippen LogP contribution in [0.1, 0.15) is 36.3 Å². The number of amides is 1. The van der Waals surface area contributed by atoms with E-state index in [1.165, 1.54) is 22.3 Å². The third-order valence-electron chi connectivity index (χ3n) is 6.25. The van der Waals surface area contributed by atoms with Crippen LogP contribution in [0.4, 0.5) is 4.79 Å². The fourth-order valence-corrected chi connectivity index (χ4v) is 4.55. The second-order valence-corrected chi connectivity index (χ2v) is 8.01. The fraction of sp³-hybridized carbons (Fsp3) is 0.435. The summed E-state index contributed by atoms with van der Waals surface area (Å²) in [6, 6.07) is 16.6. The number of likely N-dealkylation sites (tertiary alicyclic amines) is 1. The Morgan fingerprint density at radius 2 is 1.68 bits per heavy atom. The van der Waals surface area contributed by atoms with Gasteiger partial charge in [0.15, 0.2) is 0 Å². The molecular weight excluding hydrogens is 352 g/mol. The number of hydrogen-bond donors (Lipinski definition) is 2. The molecule has 0 saturated carbocycles. The van der Waals surface area contributed by atoms with Crippen molar-refractivity contribution in [3.05, 3.63) is 59.7 Å². The highest BCUT2D eigenvalue weighted by atomic mass is 16.5. The first-order chi connectivity index (χ1) is 13.6. The number of aliphatic hydroxyl groups excluding tert-OH is 1. The van der Waals surface area contributed by atoms with Gasteiger partial charge in [0.25, 0.3) is 0 Å². The predicted molar refractivity (Wildman–Crippen MR) is 109 cm³/mol. The molecule has 5 nitrogen and oxygen atoms in total. The van der Waals surface area contributed by atoms with Crippen molar-refractivity contribution < 1.29 is 14.6 Å². The van der Waals surface area contributed by atoms with E-state index >= 15 is 0 Å². The molecule has 2 aromatic rings. The molecule has 0 radical (unpaired) electrons.